The first-order valence-electron chi connectivity index (χ1n) is 3.63. The van der Waals surface area contributed by atoms with Crippen LogP contribution < -0.4 is 10.2 Å². The molecule has 0 fully saturated rings. The second-order valence-electron chi connectivity index (χ2n) is 2.24. The van der Waals surface area contributed by atoms with Crippen LogP contribution in [0.25, 0.3) is 6.20 Å². The van der Waals surface area contributed by atoms with E-state index in [2.05, 4.69) is 11.6 Å². The molecule has 0 radical (unpaired) electrons. The van der Waals surface area contributed by atoms with E-state index in [0.717, 1.165) is 11.2 Å². The monoisotopic (exact) mass is 164 g/mol. The number of hydrogen-bond acceptors (Lipinski definition) is 2. The first kappa shape index (κ1) is 8.59. The molecule has 64 valence electrons. The standard InChI is InChI=1S/C9H12N2O/c1-4-11-7-8(12-3)5-6-9(11)10-2/h4-7H,1H2,2-3H3. The molecule has 0 aliphatic carbocycles. The molecule has 12 heavy (non-hydrogen) atoms. The van der Waals surface area contributed by atoms with Crippen molar-refractivity contribution < 1.29 is 4.74 Å². The van der Waals surface area contributed by atoms with E-state index in [9.17, 15) is 0 Å². The van der Waals surface area contributed by atoms with Gasteiger partial charge in [0, 0.05) is 13.2 Å². The Morgan fingerprint density at radius 2 is 2.33 bits per heavy atom. The van der Waals surface area contributed by atoms with Gasteiger partial charge in [0.05, 0.1) is 13.3 Å². The van der Waals surface area contributed by atoms with Crippen LogP contribution in [0, 0.1) is 0 Å². The highest BCUT2D eigenvalue weighted by atomic mass is 16.5. The van der Waals surface area contributed by atoms with Crippen molar-refractivity contribution in [2.45, 2.75) is 0 Å². The molecule has 1 aromatic rings. The summed E-state index contributed by atoms with van der Waals surface area (Å²) in [5, 5.41) is 0. The van der Waals surface area contributed by atoms with Crippen molar-refractivity contribution in [2.24, 2.45) is 4.99 Å². The van der Waals surface area contributed by atoms with Gasteiger partial charge in [-0.15, -0.1) is 0 Å². The van der Waals surface area contributed by atoms with Crippen LogP contribution in [-0.4, -0.2) is 18.7 Å². The van der Waals surface area contributed by atoms with Gasteiger partial charge in [-0.05, 0) is 12.1 Å². The molecule has 0 saturated heterocycles. The van der Waals surface area contributed by atoms with Gasteiger partial charge in [0.1, 0.15) is 11.2 Å². The minimum atomic E-state index is 0.794. The summed E-state index contributed by atoms with van der Waals surface area (Å²) in [4.78, 5) is 4.05. The molecule has 0 saturated carbocycles. The Bertz CT molecular complexity index is 339. The van der Waals surface area contributed by atoms with Gasteiger partial charge >= 0.3 is 0 Å². The third kappa shape index (κ3) is 1.56. The number of pyridine rings is 1. The summed E-state index contributed by atoms with van der Waals surface area (Å²) >= 11 is 0. The van der Waals surface area contributed by atoms with Crippen LogP contribution in [0.2, 0.25) is 0 Å². The van der Waals surface area contributed by atoms with Gasteiger partial charge < -0.3 is 9.30 Å². The number of hydrogen-bond donors (Lipinski definition) is 0. The summed E-state index contributed by atoms with van der Waals surface area (Å²) < 4.78 is 6.85. The molecule has 0 atom stereocenters. The zero-order chi connectivity index (χ0) is 8.97. The van der Waals surface area contributed by atoms with Gasteiger partial charge in [0.15, 0.2) is 0 Å². The lowest BCUT2D eigenvalue weighted by Crippen LogP contribution is -2.14. The van der Waals surface area contributed by atoms with E-state index in [1.54, 1.807) is 24.9 Å². The zero-order valence-corrected chi connectivity index (χ0v) is 7.32. The molecule has 1 heterocycles. The van der Waals surface area contributed by atoms with E-state index in [1.807, 2.05) is 18.3 Å². The molecule has 0 aromatic carbocycles. The normalized spacial score (nSPS) is 11.3. The number of ether oxygens (including phenoxy) is 1. The minimum Gasteiger partial charge on any atom is -0.495 e. The van der Waals surface area contributed by atoms with Gasteiger partial charge in [0.25, 0.3) is 0 Å². The summed E-state index contributed by atoms with van der Waals surface area (Å²) in [6, 6.07) is 3.74. The van der Waals surface area contributed by atoms with Crippen molar-refractivity contribution in [3.63, 3.8) is 0 Å². The van der Waals surface area contributed by atoms with Gasteiger partial charge in [-0.3, -0.25) is 4.99 Å². The second-order valence-corrected chi connectivity index (χ2v) is 2.24. The predicted molar refractivity (Wildman–Crippen MR) is 48.9 cm³/mol. The molecular formula is C9H12N2O. The van der Waals surface area contributed by atoms with Gasteiger partial charge in [-0.25, -0.2) is 0 Å². The maximum Gasteiger partial charge on any atom is 0.135 e. The summed E-state index contributed by atoms with van der Waals surface area (Å²) in [5.74, 6) is 0.794. The van der Waals surface area contributed by atoms with Crippen LogP contribution >= 0.6 is 0 Å². The molecule has 0 aliphatic heterocycles. The maximum atomic E-state index is 5.05. The first-order valence-corrected chi connectivity index (χ1v) is 3.63. The van der Waals surface area contributed by atoms with E-state index in [-0.39, 0.29) is 0 Å². The molecule has 0 amide bonds. The number of rotatable bonds is 2. The number of methoxy groups -OCH3 is 1. The lowest BCUT2D eigenvalue weighted by atomic mass is 10.4. The smallest absolute Gasteiger partial charge is 0.135 e. The van der Waals surface area contributed by atoms with Crippen LogP contribution in [0.3, 0.4) is 0 Å². The Morgan fingerprint density at radius 3 is 2.83 bits per heavy atom. The number of nitrogens with zero attached hydrogens (tertiary/aromatic N) is 2. The third-order valence-corrected chi connectivity index (χ3v) is 1.59. The fraction of sp³-hybridized carbons (Fsp3) is 0.222. The van der Waals surface area contributed by atoms with Crippen molar-refractivity contribution in [1.82, 2.24) is 4.57 Å². The SMILES string of the molecule is C=Cn1cc(OC)ccc1=NC. The molecule has 0 unspecified atom stereocenters. The Kier molecular flexibility index (Phi) is 2.69. The van der Waals surface area contributed by atoms with Crippen LogP contribution in [-0.2, 0) is 0 Å². The average Bonchev–Trinajstić information content (AvgIpc) is 2.16. The van der Waals surface area contributed by atoms with Gasteiger partial charge in [-0.2, -0.15) is 0 Å². The highest BCUT2D eigenvalue weighted by Crippen LogP contribution is 2.04. The van der Waals surface area contributed by atoms with Crippen molar-refractivity contribution in [3.05, 3.63) is 30.4 Å². The van der Waals surface area contributed by atoms with E-state index < -0.39 is 0 Å². The Morgan fingerprint density at radius 1 is 1.58 bits per heavy atom. The molecule has 1 aromatic heterocycles. The van der Waals surface area contributed by atoms with Crippen molar-refractivity contribution in [1.29, 1.82) is 0 Å². The quantitative estimate of drug-likeness (QED) is 0.643. The van der Waals surface area contributed by atoms with Gasteiger partial charge in [0.2, 0.25) is 0 Å². The summed E-state index contributed by atoms with van der Waals surface area (Å²) in [6.45, 7) is 3.66. The minimum absolute atomic E-state index is 0.794. The van der Waals surface area contributed by atoms with E-state index in [4.69, 9.17) is 4.74 Å². The molecular weight excluding hydrogens is 152 g/mol. The summed E-state index contributed by atoms with van der Waals surface area (Å²) in [6.07, 6.45) is 3.51. The van der Waals surface area contributed by atoms with E-state index >= 15 is 0 Å². The van der Waals surface area contributed by atoms with E-state index in [1.165, 1.54) is 0 Å². The lowest BCUT2D eigenvalue weighted by molar-refractivity contribution is 0.411. The highest BCUT2D eigenvalue weighted by molar-refractivity contribution is 5.25. The van der Waals surface area contributed by atoms with Crippen molar-refractivity contribution >= 4 is 6.20 Å². The predicted octanol–water partition coefficient (Wildman–Crippen LogP) is 1.13. The van der Waals surface area contributed by atoms with E-state index in [0.29, 0.717) is 0 Å². The van der Waals surface area contributed by atoms with Crippen molar-refractivity contribution in [2.75, 3.05) is 14.2 Å². The number of aromatic nitrogens is 1. The molecule has 3 heteroatoms. The third-order valence-electron chi connectivity index (χ3n) is 1.59. The Balaban J connectivity index is 3.30. The molecule has 0 N–H and O–H groups in total. The first-order chi connectivity index (χ1) is 5.81. The molecule has 0 spiro atoms. The summed E-state index contributed by atoms with van der Waals surface area (Å²) in [5.41, 5.74) is 0.853. The summed E-state index contributed by atoms with van der Waals surface area (Å²) in [7, 11) is 3.37. The average molecular weight is 164 g/mol. The van der Waals surface area contributed by atoms with Crippen LogP contribution in [0.5, 0.6) is 5.75 Å². The fourth-order valence-electron chi connectivity index (χ4n) is 0.946. The van der Waals surface area contributed by atoms with Crippen LogP contribution in [0.4, 0.5) is 0 Å². The molecule has 1 rings (SSSR count). The second kappa shape index (κ2) is 3.76. The van der Waals surface area contributed by atoms with Crippen LogP contribution in [0.1, 0.15) is 0 Å². The maximum absolute atomic E-state index is 5.05. The largest absolute Gasteiger partial charge is 0.495 e. The highest BCUT2D eigenvalue weighted by Gasteiger charge is 1.91. The lowest BCUT2D eigenvalue weighted by Gasteiger charge is -2.03. The Hall–Kier alpha value is -1.51. The fourth-order valence-corrected chi connectivity index (χ4v) is 0.946. The molecule has 0 bridgehead atoms. The topological polar surface area (TPSA) is 26.5 Å². The Labute approximate surface area is 71.6 Å². The van der Waals surface area contributed by atoms with Gasteiger partial charge in [-0.1, -0.05) is 6.58 Å². The molecule has 0 aliphatic rings. The van der Waals surface area contributed by atoms with Crippen molar-refractivity contribution in [3.8, 4) is 5.75 Å². The molecule has 3 nitrogen and oxygen atoms in total. The zero-order valence-electron chi connectivity index (χ0n) is 7.32. The van der Waals surface area contributed by atoms with Crippen LogP contribution in [0.15, 0.2) is 29.9 Å².